The standard InChI is InChI=1S/C19H18N2O2S/c1-2-23-17-5-3-14(4-6-17)12-21-19(22)15-7-9-20-18(11-15)16-8-10-24-13-16/h3-11,13H,2,12H2,1H3,(H,21,22). The molecule has 0 aliphatic heterocycles. The number of nitrogens with one attached hydrogen (secondary N) is 1. The van der Waals surface area contributed by atoms with Gasteiger partial charge >= 0.3 is 0 Å². The minimum atomic E-state index is -0.109. The van der Waals surface area contributed by atoms with Gasteiger partial charge in [0.2, 0.25) is 0 Å². The van der Waals surface area contributed by atoms with Gasteiger partial charge in [-0.15, -0.1) is 0 Å². The molecule has 0 radical (unpaired) electrons. The third-order valence-electron chi connectivity index (χ3n) is 3.53. The number of pyridine rings is 1. The van der Waals surface area contributed by atoms with E-state index in [1.807, 2.05) is 54.1 Å². The lowest BCUT2D eigenvalue weighted by Crippen LogP contribution is -2.22. The van der Waals surface area contributed by atoms with Crippen molar-refractivity contribution in [3.8, 4) is 17.0 Å². The van der Waals surface area contributed by atoms with E-state index < -0.39 is 0 Å². The molecule has 0 saturated carbocycles. The Morgan fingerprint density at radius 2 is 2.04 bits per heavy atom. The number of carbonyl (C=O) groups is 1. The molecule has 24 heavy (non-hydrogen) atoms. The summed E-state index contributed by atoms with van der Waals surface area (Å²) >= 11 is 1.61. The molecule has 0 fully saturated rings. The van der Waals surface area contributed by atoms with E-state index in [9.17, 15) is 4.79 Å². The number of carbonyl (C=O) groups excluding carboxylic acids is 1. The quantitative estimate of drug-likeness (QED) is 0.735. The molecule has 5 heteroatoms. The van der Waals surface area contributed by atoms with E-state index in [4.69, 9.17) is 4.74 Å². The van der Waals surface area contributed by atoms with Crippen LogP contribution in [0.25, 0.3) is 11.3 Å². The molecule has 0 spiro atoms. The summed E-state index contributed by atoms with van der Waals surface area (Å²) in [6.07, 6.45) is 1.67. The van der Waals surface area contributed by atoms with Crippen molar-refractivity contribution in [3.05, 3.63) is 70.5 Å². The monoisotopic (exact) mass is 338 g/mol. The highest BCUT2D eigenvalue weighted by Gasteiger charge is 2.08. The molecule has 0 aliphatic rings. The average molecular weight is 338 g/mol. The molecule has 0 atom stereocenters. The van der Waals surface area contributed by atoms with E-state index in [1.165, 1.54) is 0 Å². The van der Waals surface area contributed by atoms with Crippen LogP contribution in [0.3, 0.4) is 0 Å². The number of thiophene rings is 1. The van der Waals surface area contributed by atoms with Gasteiger partial charge < -0.3 is 10.1 Å². The molecule has 1 aromatic carbocycles. The van der Waals surface area contributed by atoms with Crippen molar-refractivity contribution < 1.29 is 9.53 Å². The van der Waals surface area contributed by atoms with Gasteiger partial charge in [-0.2, -0.15) is 11.3 Å². The van der Waals surface area contributed by atoms with Crippen LogP contribution in [0.4, 0.5) is 0 Å². The number of ether oxygens (including phenoxy) is 1. The number of amides is 1. The highest BCUT2D eigenvalue weighted by atomic mass is 32.1. The zero-order chi connectivity index (χ0) is 16.8. The molecule has 0 aliphatic carbocycles. The van der Waals surface area contributed by atoms with Gasteiger partial charge in [0.1, 0.15) is 5.75 Å². The molecule has 3 rings (SSSR count). The highest BCUT2D eigenvalue weighted by molar-refractivity contribution is 7.08. The number of hydrogen-bond donors (Lipinski definition) is 1. The zero-order valence-corrected chi connectivity index (χ0v) is 14.2. The van der Waals surface area contributed by atoms with Gasteiger partial charge in [0.15, 0.2) is 0 Å². The molecular weight excluding hydrogens is 320 g/mol. The van der Waals surface area contributed by atoms with E-state index in [0.717, 1.165) is 22.6 Å². The van der Waals surface area contributed by atoms with Gasteiger partial charge in [-0.25, -0.2) is 0 Å². The molecular formula is C19H18N2O2S. The molecule has 2 heterocycles. The second-order valence-electron chi connectivity index (χ2n) is 5.20. The van der Waals surface area contributed by atoms with Crippen molar-refractivity contribution >= 4 is 17.2 Å². The smallest absolute Gasteiger partial charge is 0.251 e. The van der Waals surface area contributed by atoms with Gasteiger partial charge in [-0.1, -0.05) is 12.1 Å². The van der Waals surface area contributed by atoms with Crippen LogP contribution in [-0.2, 0) is 6.54 Å². The fourth-order valence-corrected chi connectivity index (χ4v) is 2.94. The fourth-order valence-electron chi connectivity index (χ4n) is 2.29. The van der Waals surface area contributed by atoms with Crippen molar-refractivity contribution in [2.45, 2.75) is 13.5 Å². The molecule has 0 unspecified atom stereocenters. The Hall–Kier alpha value is -2.66. The van der Waals surface area contributed by atoms with Gasteiger partial charge in [0.25, 0.3) is 5.91 Å². The summed E-state index contributed by atoms with van der Waals surface area (Å²) in [7, 11) is 0. The highest BCUT2D eigenvalue weighted by Crippen LogP contribution is 2.20. The number of nitrogens with zero attached hydrogens (tertiary/aromatic N) is 1. The lowest BCUT2D eigenvalue weighted by atomic mass is 10.1. The molecule has 2 aromatic heterocycles. The second kappa shape index (κ2) is 7.75. The van der Waals surface area contributed by atoms with Crippen LogP contribution in [0.15, 0.2) is 59.4 Å². The normalized spacial score (nSPS) is 10.4. The molecule has 0 bridgehead atoms. The Balaban J connectivity index is 1.64. The van der Waals surface area contributed by atoms with E-state index in [-0.39, 0.29) is 5.91 Å². The van der Waals surface area contributed by atoms with Crippen LogP contribution < -0.4 is 10.1 Å². The molecule has 1 amide bonds. The number of aromatic nitrogens is 1. The Labute approximate surface area is 145 Å². The first-order valence-corrected chi connectivity index (χ1v) is 8.69. The van der Waals surface area contributed by atoms with Crippen molar-refractivity contribution in [2.24, 2.45) is 0 Å². The zero-order valence-electron chi connectivity index (χ0n) is 13.4. The molecule has 4 nitrogen and oxygen atoms in total. The first-order chi connectivity index (χ1) is 11.8. The topological polar surface area (TPSA) is 51.2 Å². The Morgan fingerprint density at radius 3 is 2.75 bits per heavy atom. The first-order valence-electron chi connectivity index (χ1n) is 7.75. The van der Waals surface area contributed by atoms with Crippen molar-refractivity contribution in [1.29, 1.82) is 0 Å². The van der Waals surface area contributed by atoms with Crippen LogP contribution in [-0.4, -0.2) is 17.5 Å². The van der Waals surface area contributed by atoms with Crippen LogP contribution >= 0.6 is 11.3 Å². The molecule has 0 saturated heterocycles. The lowest BCUT2D eigenvalue weighted by Gasteiger charge is -2.08. The first kappa shape index (κ1) is 16.2. The van der Waals surface area contributed by atoms with Crippen molar-refractivity contribution in [2.75, 3.05) is 6.61 Å². The summed E-state index contributed by atoms with van der Waals surface area (Å²) in [5.74, 6) is 0.727. The minimum Gasteiger partial charge on any atom is -0.494 e. The number of benzene rings is 1. The maximum absolute atomic E-state index is 12.3. The molecule has 122 valence electrons. The predicted molar refractivity (Wildman–Crippen MR) is 96.3 cm³/mol. The third-order valence-corrected chi connectivity index (χ3v) is 4.21. The Morgan fingerprint density at radius 1 is 1.21 bits per heavy atom. The fraction of sp³-hybridized carbons (Fsp3) is 0.158. The lowest BCUT2D eigenvalue weighted by molar-refractivity contribution is 0.0951. The maximum Gasteiger partial charge on any atom is 0.251 e. The van der Waals surface area contributed by atoms with E-state index in [0.29, 0.717) is 18.7 Å². The van der Waals surface area contributed by atoms with E-state index in [1.54, 1.807) is 23.6 Å². The number of rotatable bonds is 6. The third kappa shape index (κ3) is 4.00. The van der Waals surface area contributed by atoms with Crippen LogP contribution in [0.2, 0.25) is 0 Å². The summed E-state index contributed by atoms with van der Waals surface area (Å²) in [4.78, 5) is 16.7. The summed E-state index contributed by atoms with van der Waals surface area (Å²) in [5, 5.41) is 6.95. The molecule has 1 N–H and O–H groups in total. The van der Waals surface area contributed by atoms with Crippen LogP contribution in [0.1, 0.15) is 22.8 Å². The summed E-state index contributed by atoms with van der Waals surface area (Å²) in [5.41, 5.74) is 3.47. The van der Waals surface area contributed by atoms with Crippen LogP contribution in [0.5, 0.6) is 5.75 Å². The Bertz CT molecular complexity index is 798. The summed E-state index contributed by atoms with van der Waals surface area (Å²) < 4.78 is 5.41. The average Bonchev–Trinajstić information content (AvgIpc) is 3.16. The van der Waals surface area contributed by atoms with Gasteiger partial charge in [-0.3, -0.25) is 9.78 Å². The van der Waals surface area contributed by atoms with Gasteiger partial charge in [0.05, 0.1) is 12.3 Å². The molecule has 3 aromatic rings. The van der Waals surface area contributed by atoms with E-state index >= 15 is 0 Å². The van der Waals surface area contributed by atoms with Crippen molar-refractivity contribution in [3.63, 3.8) is 0 Å². The van der Waals surface area contributed by atoms with E-state index in [2.05, 4.69) is 10.3 Å². The minimum absolute atomic E-state index is 0.109. The Kier molecular flexibility index (Phi) is 5.23. The maximum atomic E-state index is 12.3. The van der Waals surface area contributed by atoms with Gasteiger partial charge in [0, 0.05) is 29.2 Å². The van der Waals surface area contributed by atoms with Gasteiger partial charge in [-0.05, 0) is 48.2 Å². The van der Waals surface area contributed by atoms with Crippen molar-refractivity contribution in [1.82, 2.24) is 10.3 Å². The second-order valence-corrected chi connectivity index (χ2v) is 5.98. The number of hydrogen-bond acceptors (Lipinski definition) is 4. The summed E-state index contributed by atoms with van der Waals surface area (Å²) in [6.45, 7) is 3.07. The summed E-state index contributed by atoms with van der Waals surface area (Å²) in [6, 6.07) is 13.3. The SMILES string of the molecule is CCOc1ccc(CNC(=O)c2ccnc(-c3ccsc3)c2)cc1. The predicted octanol–water partition coefficient (Wildman–Crippen LogP) is 4.14. The largest absolute Gasteiger partial charge is 0.494 e. The van der Waals surface area contributed by atoms with Crippen LogP contribution in [0, 0.1) is 0 Å².